The zero-order valence-electron chi connectivity index (χ0n) is 10.0. The molecular weight excluding hydrogens is 216 g/mol. The van der Waals surface area contributed by atoms with E-state index in [0.29, 0.717) is 6.42 Å². The lowest BCUT2D eigenvalue weighted by atomic mass is 10.00. The third kappa shape index (κ3) is 2.79. The standard InChI is InChI=1S/C12H18N4O/c1-2-5-16-12(14-8-15-16)7-11(17)9-3-4-10(13)6-9/h3-4,8-10H,2,5-7,13H2,1H3. The monoisotopic (exact) mass is 234 g/mol. The summed E-state index contributed by atoms with van der Waals surface area (Å²) in [6.07, 6.45) is 7.38. The number of nitrogens with two attached hydrogens (primary N) is 1. The molecule has 1 aromatic heterocycles. The largest absolute Gasteiger partial charge is 0.324 e. The van der Waals surface area contributed by atoms with Gasteiger partial charge in [-0.1, -0.05) is 19.1 Å². The summed E-state index contributed by atoms with van der Waals surface area (Å²) in [5, 5.41) is 4.11. The lowest BCUT2D eigenvalue weighted by Crippen LogP contribution is -2.21. The van der Waals surface area contributed by atoms with Gasteiger partial charge in [-0.15, -0.1) is 0 Å². The molecule has 0 amide bonds. The fraction of sp³-hybridized carbons (Fsp3) is 0.583. The maximum absolute atomic E-state index is 12.0. The molecule has 5 heteroatoms. The van der Waals surface area contributed by atoms with Crippen LogP contribution in [-0.2, 0) is 17.8 Å². The van der Waals surface area contributed by atoms with Crippen molar-refractivity contribution in [3.63, 3.8) is 0 Å². The zero-order chi connectivity index (χ0) is 12.3. The molecule has 92 valence electrons. The van der Waals surface area contributed by atoms with Crippen molar-refractivity contribution in [3.05, 3.63) is 24.3 Å². The highest BCUT2D eigenvalue weighted by Crippen LogP contribution is 2.18. The molecule has 0 bridgehead atoms. The molecule has 0 saturated heterocycles. The van der Waals surface area contributed by atoms with E-state index in [2.05, 4.69) is 17.0 Å². The summed E-state index contributed by atoms with van der Waals surface area (Å²) < 4.78 is 1.80. The molecule has 2 rings (SSSR count). The molecule has 0 aromatic carbocycles. The lowest BCUT2D eigenvalue weighted by molar-refractivity contribution is -0.121. The summed E-state index contributed by atoms with van der Waals surface area (Å²) in [4.78, 5) is 16.2. The number of rotatable bonds is 5. The van der Waals surface area contributed by atoms with Crippen LogP contribution in [0.3, 0.4) is 0 Å². The second-order valence-corrected chi connectivity index (χ2v) is 4.43. The molecule has 1 aromatic rings. The van der Waals surface area contributed by atoms with Crippen LogP contribution in [0.15, 0.2) is 18.5 Å². The molecule has 0 spiro atoms. The number of carbonyl (C=O) groups is 1. The van der Waals surface area contributed by atoms with Crippen molar-refractivity contribution in [3.8, 4) is 0 Å². The van der Waals surface area contributed by atoms with Crippen molar-refractivity contribution < 1.29 is 4.79 Å². The van der Waals surface area contributed by atoms with Gasteiger partial charge in [0.05, 0.1) is 6.42 Å². The molecule has 2 N–H and O–H groups in total. The number of Topliss-reactive ketones (excluding diaryl/α,β-unsaturated/α-hetero) is 1. The van der Waals surface area contributed by atoms with E-state index in [1.54, 1.807) is 4.68 Å². The Morgan fingerprint density at radius 3 is 3.06 bits per heavy atom. The minimum Gasteiger partial charge on any atom is -0.324 e. The number of hydrogen-bond donors (Lipinski definition) is 1. The number of aromatic nitrogens is 3. The molecule has 1 aliphatic carbocycles. The van der Waals surface area contributed by atoms with Gasteiger partial charge in [0.25, 0.3) is 0 Å². The maximum atomic E-state index is 12.0. The highest BCUT2D eigenvalue weighted by atomic mass is 16.1. The maximum Gasteiger partial charge on any atom is 0.147 e. The van der Waals surface area contributed by atoms with Gasteiger partial charge in [0.15, 0.2) is 0 Å². The summed E-state index contributed by atoms with van der Waals surface area (Å²) >= 11 is 0. The van der Waals surface area contributed by atoms with Crippen molar-refractivity contribution in [2.75, 3.05) is 0 Å². The van der Waals surface area contributed by atoms with Crippen LogP contribution in [-0.4, -0.2) is 26.6 Å². The molecule has 17 heavy (non-hydrogen) atoms. The number of nitrogens with zero attached hydrogens (tertiary/aromatic N) is 3. The third-order valence-electron chi connectivity index (χ3n) is 2.99. The lowest BCUT2D eigenvalue weighted by Gasteiger charge is -2.08. The van der Waals surface area contributed by atoms with Crippen LogP contribution >= 0.6 is 0 Å². The highest BCUT2D eigenvalue weighted by molar-refractivity contribution is 5.84. The van der Waals surface area contributed by atoms with Crippen molar-refractivity contribution in [1.29, 1.82) is 0 Å². The van der Waals surface area contributed by atoms with E-state index in [9.17, 15) is 4.79 Å². The molecule has 0 fully saturated rings. The molecule has 2 unspecified atom stereocenters. The van der Waals surface area contributed by atoms with Crippen LogP contribution in [0, 0.1) is 5.92 Å². The first kappa shape index (κ1) is 12.0. The zero-order valence-corrected chi connectivity index (χ0v) is 10.0. The average molecular weight is 234 g/mol. The van der Waals surface area contributed by atoms with E-state index in [1.807, 2.05) is 12.2 Å². The van der Waals surface area contributed by atoms with Crippen LogP contribution in [0.5, 0.6) is 0 Å². The van der Waals surface area contributed by atoms with E-state index in [1.165, 1.54) is 6.33 Å². The minimum absolute atomic E-state index is 0.0254. The van der Waals surface area contributed by atoms with Crippen LogP contribution in [0.2, 0.25) is 0 Å². The van der Waals surface area contributed by atoms with Gasteiger partial charge in [-0.2, -0.15) is 5.10 Å². The van der Waals surface area contributed by atoms with Gasteiger partial charge in [-0.3, -0.25) is 4.79 Å². The molecule has 2 atom stereocenters. The molecule has 0 aliphatic heterocycles. The van der Waals surface area contributed by atoms with Crippen LogP contribution in [0.25, 0.3) is 0 Å². The van der Waals surface area contributed by atoms with Crippen LogP contribution in [0.4, 0.5) is 0 Å². The molecule has 1 aliphatic rings. The molecular formula is C12H18N4O. The Balaban J connectivity index is 1.98. The van der Waals surface area contributed by atoms with Gasteiger partial charge in [0, 0.05) is 18.5 Å². The first-order chi connectivity index (χ1) is 8.20. The second kappa shape index (κ2) is 5.23. The summed E-state index contributed by atoms with van der Waals surface area (Å²) in [5.74, 6) is 0.891. The van der Waals surface area contributed by atoms with Crippen molar-refractivity contribution in [2.45, 2.75) is 38.8 Å². The first-order valence-corrected chi connectivity index (χ1v) is 6.04. The Labute approximate surface area is 101 Å². The number of carbonyl (C=O) groups excluding carboxylic acids is 1. The number of ketones is 1. The quantitative estimate of drug-likeness (QED) is 0.761. The average Bonchev–Trinajstić information content (AvgIpc) is 2.89. The Hall–Kier alpha value is -1.49. The van der Waals surface area contributed by atoms with E-state index in [0.717, 1.165) is 25.2 Å². The van der Waals surface area contributed by atoms with E-state index in [4.69, 9.17) is 5.73 Å². The normalized spacial score (nSPS) is 23.2. The second-order valence-electron chi connectivity index (χ2n) is 4.43. The van der Waals surface area contributed by atoms with Gasteiger partial charge < -0.3 is 5.73 Å². The van der Waals surface area contributed by atoms with Crippen LogP contribution in [0.1, 0.15) is 25.6 Å². The number of allylic oxidation sites excluding steroid dienone is 1. The van der Waals surface area contributed by atoms with Crippen molar-refractivity contribution >= 4 is 5.78 Å². The predicted octanol–water partition coefficient (Wildman–Crippen LogP) is 0.703. The molecule has 0 saturated carbocycles. The number of hydrogen-bond acceptors (Lipinski definition) is 4. The Morgan fingerprint density at radius 2 is 2.41 bits per heavy atom. The third-order valence-corrected chi connectivity index (χ3v) is 2.99. The van der Waals surface area contributed by atoms with Gasteiger partial charge in [0.1, 0.15) is 17.9 Å². The van der Waals surface area contributed by atoms with E-state index < -0.39 is 0 Å². The van der Waals surface area contributed by atoms with Crippen LogP contribution < -0.4 is 5.73 Å². The minimum atomic E-state index is -0.0447. The fourth-order valence-electron chi connectivity index (χ4n) is 2.08. The van der Waals surface area contributed by atoms with Gasteiger partial charge in [0.2, 0.25) is 0 Å². The van der Waals surface area contributed by atoms with Gasteiger partial charge in [-0.25, -0.2) is 9.67 Å². The van der Waals surface area contributed by atoms with E-state index in [-0.39, 0.29) is 17.7 Å². The summed E-state index contributed by atoms with van der Waals surface area (Å²) in [5.41, 5.74) is 5.74. The fourth-order valence-corrected chi connectivity index (χ4v) is 2.08. The summed E-state index contributed by atoms with van der Waals surface area (Å²) in [6.45, 7) is 2.88. The topological polar surface area (TPSA) is 73.8 Å². The Bertz CT molecular complexity index is 424. The number of aryl methyl sites for hydroxylation is 1. The van der Waals surface area contributed by atoms with Gasteiger partial charge >= 0.3 is 0 Å². The first-order valence-electron chi connectivity index (χ1n) is 6.04. The highest BCUT2D eigenvalue weighted by Gasteiger charge is 2.23. The molecule has 5 nitrogen and oxygen atoms in total. The van der Waals surface area contributed by atoms with Crippen molar-refractivity contribution in [1.82, 2.24) is 14.8 Å². The van der Waals surface area contributed by atoms with Crippen molar-refractivity contribution in [2.24, 2.45) is 11.7 Å². The summed E-state index contributed by atoms with van der Waals surface area (Å²) in [7, 11) is 0. The molecule has 0 radical (unpaired) electrons. The van der Waals surface area contributed by atoms with Gasteiger partial charge in [-0.05, 0) is 12.8 Å². The Morgan fingerprint density at radius 1 is 1.59 bits per heavy atom. The Kier molecular flexibility index (Phi) is 3.68. The SMILES string of the molecule is CCCn1ncnc1CC(=O)C1C=CC(N)C1. The molecule has 1 heterocycles. The van der Waals surface area contributed by atoms with E-state index >= 15 is 0 Å². The summed E-state index contributed by atoms with van der Waals surface area (Å²) in [6, 6.07) is 0.0254. The predicted molar refractivity (Wildman–Crippen MR) is 64.2 cm³/mol. The smallest absolute Gasteiger partial charge is 0.147 e.